The van der Waals surface area contributed by atoms with Crippen molar-refractivity contribution >= 4 is 23.2 Å². The molecule has 0 fully saturated rings. The number of benzene rings is 1. The number of carbonyl (C=O) groups excluding carboxylic acids is 1. The molecule has 0 atom stereocenters. The molecule has 0 bridgehead atoms. The standard InChI is InChI=1S/C12H9N5OS/c18-11(16-12-13-6-15-17-12)10-9(14-7-19-10)8-4-2-1-3-5-8/h1-7H,(H2,13,15,16,17,18). The molecule has 0 spiro atoms. The molecular formula is C12H9N5OS. The Morgan fingerprint density at radius 3 is 2.79 bits per heavy atom. The van der Waals surface area contributed by atoms with E-state index in [1.807, 2.05) is 30.3 Å². The van der Waals surface area contributed by atoms with E-state index in [1.165, 1.54) is 17.7 Å². The van der Waals surface area contributed by atoms with Crippen LogP contribution in [0.1, 0.15) is 9.67 Å². The molecule has 7 heteroatoms. The van der Waals surface area contributed by atoms with Crippen molar-refractivity contribution in [2.75, 3.05) is 5.32 Å². The van der Waals surface area contributed by atoms with Crippen LogP contribution in [0.15, 0.2) is 42.2 Å². The number of hydrogen-bond acceptors (Lipinski definition) is 5. The second kappa shape index (κ2) is 4.99. The van der Waals surface area contributed by atoms with Gasteiger partial charge in [-0.2, -0.15) is 10.1 Å². The first kappa shape index (κ1) is 11.5. The Bertz CT molecular complexity index is 677. The lowest BCUT2D eigenvalue weighted by molar-refractivity contribution is 0.103. The molecule has 1 amide bonds. The van der Waals surface area contributed by atoms with Crippen LogP contribution in [0.2, 0.25) is 0 Å². The quantitative estimate of drug-likeness (QED) is 0.764. The highest BCUT2D eigenvalue weighted by Gasteiger charge is 2.16. The van der Waals surface area contributed by atoms with Gasteiger partial charge in [-0.1, -0.05) is 30.3 Å². The topological polar surface area (TPSA) is 83.6 Å². The number of H-pyrrole nitrogens is 1. The second-order valence-corrected chi connectivity index (χ2v) is 4.54. The molecule has 2 heterocycles. The summed E-state index contributed by atoms with van der Waals surface area (Å²) in [5, 5.41) is 8.89. The lowest BCUT2D eigenvalue weighted by Gasteiger charge is -2.02. The van der Waals surface area contributed by atoms with Crippen molar-refractivity contribution in [3.8, 4) is 11.3 Å². The van der Waals surface area contributed by atoms with Gasteiger partial charge in [0, 0.05) is 5.56 Å². The van der Waals surface area contributed by atoms with Gasteiger partial charge in [0.15, 0.2) is 0 Å². The minimum Gasteiger partial charge on any atom is -0.290 e. The summed E-state index contributed by atoms with van der Waals surface area (Å²) in [7, 11) is 0. The van der Waals surface area contributed by atoms with E-state index in [4.69, 9.17) is 0 Å². The van der Waals surface area contributed by atoms with E-state index in [1.54, 1.807) is 5.51 Å². The third-order valence-electron chi connectivity index (χ3n) is 2.47. The lowest BCUT2D eigenvalue weighted by atomic mass is 10.1. The van der Waals surface area contributed by atoms with Gasteiger partial charge < -0.3 is 0 Å². The number of rotatable bonds is 3. The fraction of sp³-hybridized carbons (Fsp3) is 0. The predicted molar refractivity (Wildman–Crippen MR) is 71.9 cm³/mol. The normalized spacial score (nSPS) is 10.3. The Morgan fingerprint density at radius 1 is 1.21 bits per heavy atom. The van der Waals surface area contributed by atoms with Crippen molar-refractivity contribution in [2.24, 2.45) is 0 Å². The Hall–Kier alpha value is -2.54. The summed E-state index contributed by atoms with van der Waals surface area (Å²) in [6.07, 6.45) is 1.33. The van der Waals surface area contributed by atoms with Crippen LogP contribution in [-0.4, -0.2) is 26.1 Å². The van der Waals surface area contributed by atoms with Crippen molar-refractivity contribution in [3.63, 3.8) is 0 Å². The van der Waals surface area contributed by atoms with Crippen LogP contribution in [0.4, 0.5) is 5.95 Å². The van der Waals surface area contributed by atoms with Gasteiger partial charge in [-0.3, -0.25) is 10.1 Å². The molecule has 2 N–H and O–H groups in total. The van der Waals surface area contributed by atoms with E-state index < -0.39 is 0 Å². The van der Waals surface area contributed by atoms with Crippen molar-refractivity contribution in [1.82, 2.24) is 20.2 Å². The minimum absolute atomic E-state index is 0.252. The van der Waals surface area contributed by atoms with Crippen LogP contribution in [0, 0.1) is 0 Å². The Morgan fingerprint density at radius 2 is 2.05 bits per heavy atom. The molecule has 2 aromatic heterocycles. The number of nitrogens with one attached hydrogen (secondary N) is 2. The molecule has 0 saturated carbocycles. The molecule has 3 aromatic rings. The molecule has 19 heavy (non-hydrogen) atoms. The maximum atomic E-state index is 12.1. The largest absolute Gasteiger partial charge is 0.290 e. The summed E-state index contributed by atoms with van der Waals surface area (Å²) < 4.78 is 0. The third-order valence-corrected chi connectivity index (χ3v) is 3.29. The van der Waals surface area contributed by atoms with Crippen molar-refractivity contribution in [3.05, 3.63) is 47.0 Å². The van der Waals surface area contributed by atoms with Gasteiger partial charge in [0.2, 0.25) is 5.95 Å². The van der Waals surface area contributed by atoms with E-state index in [0.29, 0.717) is 16.5 Å². The molecule has 94 valence electrons. The summed E-state index contributed by atoms with van der Waals surface area (Å²) in [6.45, 7) is 0. The highest BCUT2D eigenvalue weighted by Crippen LogP contribution is 2.25. The summed E-state index contributed by atoms with van der Waals surface area (Å²) in [5.74, 6) is 0.0653. The van der Waals surface area contributed by atoms with Crippen molar-refractivity contribution in [1.29, 1.82) is 0 Å². The van der Waals surface area contributed by atoms with E-state index in [2.05, 4.69) is 25.5 Å². The smallest absolute Gasteiger partial charge is 0.270 e. The molecule has 0 unspecified atom stereocenters. The number of nitrogens with zero attached hydrogens (tertiary/aromatic N) is 3. The number of aromatic nitrogens is 4. The van der Waals surface area contributed by atoms with Crippen molar-refractivity contribution in [2.45, 2.75) is 0 Å². The molecule has 0 aliphatic rings. The second-order valence-electron chi connectivity index (χ2n) is 3.68. The molecule has 6 nitrogen and oxygen atoms in total. The SMILES string of the molecule is O=C(Nc1ncn[nH]1)c1scnc1-c1ccccc1. The number of amides is 1. The maximum absolute atomic E-state index is 12.1. The van der Waals surface area contributed by atoms with Crippen LogP contribution in [0.25, 0.3) is 11.3 Å². The fourth-order valence-corrected chi connectivity index (χ4v) is 2.34. The monoisotopic (exact) mass is 271 g/mol. The van der Waals surface area contributed by atoms with Crippen molar-refractivity contribution < 1.29 is 4.79 Å². The van der Waals surface area contributed by atoms with Gasteiger partial charge in [-0.25, -0.2) is 10.1 Å². The molecule has 0 aliphatic heterocycles. The van der Waals surface area contributed by atoms with Crippen LogP contribution in [0.5, 0.6) is 0 Å². The number of anilines is 1. The summed E-state index contributed by atoms with van der Waals surface area (Å²) in [5.41, 5.74) is 3.23. The zero-order valence-corrected chi connectivity index (χ0v) is 10.5. The van der Waals surface area contributed by atoms with Crippen LogP contribution < -0.4 is 5.32 Å². The number of thiazole rings is 1. The summed E-state index contributed by atoms with van der Waals surface area (Å²) >= 11 is 1.29. The maximum Gasteiger partial charge on any atom is 0.270 e. The molecule has 0 radical (unpaired) electrons. The molecule has 1 aromatic carbocycles. The van der Waals surface area contributed by atoms with E-state index in [-0.39, 0.29) is 5.91 Å². The van der Waals surface area contributed by atoms with Gasteiger partial charge in [0.25, 0.3) is 5.91 Å². The van der Waals surface area contributed by atoms with Crippen LogP contribution >= 0.6 is 11.3 Å². The van der Waals surface area contributed by atoms with E-state index in [9.17, 15) is 4.79 Å². The zero-order valence-electron chi connectivity index (χ0n) is 9.70. The van der Waals surface area contributed by atoms with E-state index >= 15 is 0 Å². The first-order chi connectivity index (χ1) is 9.34. The molecule has 0 saturated heterocycles. The highest BCUT2D eigenvalue weighted by atomic mass is 32.1. The number of carbonyl (C=O) groups is 1. The Balaban J connectivity index is 1.90. The minimum atomic E-state index is -0.252. The number of hydrogen-bond donors (Lipinski definition) is 2. The summed E-state index contributed by atoms with van der Waals surface area (Å²) in [4.78, 5) is 20.8. The first-order valence-corrected chi connectivity index (χ1v) is 6.38. The summed E-state index contributed by atoms with van der Waals surface area (Å²) in [6, 6.07) is 9.57. The van der Waals surface area contributed by atoms with Crippen LogP contribution in [-0.2, 0) is 0 Å². The Labute approximate surface area is 112 Å². The Kier molecular flexibility index (Phi) is 3.03. The van der Waals surface area contributed by atoms with Gasteiger partial charge in [0.1, 0.15) is 11.2 Å². The molecule has 3 rings (SSSR count). The van der Waals surface area contributed by atoms with Gasteiger partial charge in [-0.15, -0.1) is 11.3 Å². The lowest BCUT2D eigenvalue weighted by Crippen LogP contribution is -2.12. The molecular weight excluding hydrogens is 262 g/mol. The van der Waals surface area contributed by atoms with E-state index in [0.717, 1.165) is 5.56 Å². The van der Waals surface area contributed by atoms with Gasteiger partial charge in [-0.05, 0) is 0 Å². The third kappa shape index (κ3) is 2.36. The first-order valence-electron chi connectivity index (χ1n) is 5.50. The number of aromatic amines is 1. The predicted octanol–water partition coefficient (Wildman–Crippen LogP) is 2.18. The van der Waals surface area contributed by atoms with Gasteiger partial charge >= 0.3 is 0 Å². The zero-order chi connectivity index (χ0) is 13.1. The van der Waals surface area contributed by atoms with Crippen LogP contribution in [0.3, 0.4) is 0 Å². The fourth-order valence-electron chi connectivity index (χ4n) is 1.64. The average molecular weight is 271 g/mol. The highest BCUT2D eigenvalue weighted by molar-refractivity contribution is 7.12. The average Bonchev–Trinajstić information content (AvgIpc) is 3.10. The van der Waals surface area contributed by atoms with Gasteiger partial charge in [0.05, 0.1) is 11.2 Å². The molecule has 0 aliphatic carbocycles.